The normalized spacial score (nSPS) is 15.4. The molecule has 0 amide bonds. The fraction of sp³-hybridized carbons (Fsp3) is 0.273. The third-order valence-corrected chi connectivity index (χ3v) is 7.04. The van der Waals surface area contributed by atoms with Crippen molar-refractivity contribution in [3.63, 3.8) is 0 Å². The van der Waals surface area contributed by atoms with Crippen LogP contribution in [0.2, 0.25) is 0 Å². The van der Waals surface area contributed by atoms with Crippen molar-refractivity contribution in [2.24, 2.45) is 0 Å². The molecule has 0 aliphatic carbocycles. The molecule has 206 valence electrons. The van der Waals surface area contributed by atoms with Crippen molar-refractivity contribution in [3.05, 3.63) is 60.3 Å². The van der Waals surface area contributed by atoms with Gasteiger partial charge in [-0.1, -0.05) is 10.3 Å². The minimum Gasteiger partial charge on any atom is -0.336 e. The maximum absolute atomic E-state index is 12.8. The van der Waals surface area contributed by atoms with Crippen LogP contribution >= 0.6 is 0 Å². The monoisotopic (exact) mass is 574 g/mol. The Morgan fingerprint density at radius 3 is 1.46 bits per heavy atom. The number of aromatic nitrogens is 4. The van der Waals surface area contributed by atoms with E-state index in [1.54, 1.807) is 29.2 Å². The van der Waals surface area contributed by atoms with Crippen molar-refractivity contribution in [2.75, 3.05) is 24.2 Å². The minimum absolute atomic E-state index is 0.155. The van der Waals surface area contributed by atoms with Crippen molar-refractivity contribution in [1.29, 1.82) is 0 Å². The van der Waals surface area contributed by atoms with Crippen LogP contribution in [0, 0.1) is 0 Å². The molecule has 0 unspecified atom stereocenters. The van der Waals surface area contributed by atoms with Gasteiger partial charge in [0.25, 0.3) is 0 Å². The number of anilines is 2. The molecule has 5 rings (SSSR count). The Hall–Kier alpha value is -3.99. The predicted octanol–water partition coefficient (Wildman–Crippen LogP) is 4.61. The molecule has 2 aromatic heterocycles. The van der Waals surface area contributed by atoms with Crippen LogP contribution in [0.1, 0.15) is 11.8 Å². The summed E-state index contributed by atoms with van der Waals surface area (Å²) >= 11 is 0. The van der Waals surface area contributed by atoms with Crippen LogP contribution in [-0.2, 0) is 22.4 Å². The summed E-state index contributed by atoms with van der Waals surface area (Å²) in [5.74, 6) is -3.50. The van der Waals surface area contributed by atoms with Crippen LogP contribution in [0.4, 0.5) is 37.7 Å². The molecular weight excluding hydrogens is 558 g/mol. The van der Waals surface area contributed by atoms with Crippen molar-refractivity contribution in [3.8, 4) is 22.8 Å². The van der Waals surface area contributed by atoms with Gasteiger partial charge in [-0.15, -0.1) is 0 Å². The highest BCUT2D eigenvalue weighted by Gasteiger charge is 2.40. The van der Waals surface area contributed by atoms with Gasteiger partial charge < -0.3 is 13.9 Å². The Balaban J connectivity index is 1.44. The highest BCUT2D eigenvalue weighted by Crippen LogP contribution is 2.36. The van der Waals surface area contributed by atoms with E-state index in [-0.39, 0.29) is 41.9 Å². The summed E-state index contributed by atoms with van der Waals surface area (Å²) in [4.78, 5) is 8.51. The third kappa shape index (κ3) is 5.44. The average molecular weight is 574 g/mol. The zero-order valence-electron chi connectivity index (χ0n) is 19.6. The Labute approximate surface area is 215 Å². The van der Waals surface area contributed by atoms with Gasteiger partial charge in [-0.05, 0) is 48.5 Å². The minimum atomic E-state index is -4.79. The number of benzene rings is 2. The molecule has 1 aliphatic rings. The Morgan fingerprint density at radius 1 is 0.769 bits per heavy atom. The summed E-state index contributed by atoms with van der Waals surface area (Å²) in [6.07, 6.45) is -8.50. The van der Waals surface area contributed by atoms with Crippen LogP contribution in [0.25, 0.3) is 22.8 Å². The quantitative estimate of drug-likeness (QED) is 0.304. The second kappa shape index (κ2) is 9.33. The van der Waals surface area contributed by atoms with Crippen molar-refractivity contribution in [2.45, 2.75) is 18.4 Å². The second-order valence-electron chi connectivity index (χ2n) is 8.54. The summed E-state index contributed by atoms with van der Waals surface area (Å²) in [5.41, 5.74) is 1.61. The highest BCUT2D eigenvalue weighted by molar-refractivity contribution is 7.88. The summed E-state index contributed by atoms with van der Waals surface area (Å²) in [6.45, 7) is 0.309. The summed E-state index contributed by atoms with van der Waals surface area (Å²) in [7, 11) is -3.43. The predicted molar refractivity (Wildman–Crippen MR) is 122 cm³/mol. The van der Waals surface area contributed by atoms with E-state index < -0.39 is 34.2 Å². The second-order valence-corrected chi connectivity index (χ2v) is 10.5. The molecule has 0 atom stereocenters. The number of nitrogens with zero attached hydrogens (tertiary/aromatic N) is 6. The smallest absolute Gasteiger partial charge is 0.336 e. The lowest BCUT2D eigenvalue weighted by Crippen LogP contribution is -2.59. The zero-order chi connectivity index (χ0) is 28.2. The van der Waals surface area contributed by atoms with E-state index >= 15 is 0 Å². The summed E-state index contributed by atoms with van der Waals surface area (Å²) in [6, 6.07) is 11.9. The van der Waals surface area contributed by atoms with Gasteiger partial charge in [-0.2, -0.15) is 40.6 Å². The van der Waals surface area contributed by atoms with Gasteiger partial charge in [-0.3, -0.25) is 0 Å². The fourth-order valence-electron chi connectivity index (χ4n) is 3.88. The summed E-state index contributed by atoms with van der Waals surface area (Å²) in [5, 5.41) is 6.71. The van der Waals surface area contributed by atoms with Gasteiger partial charge in [0.2, 0.25) is 21.7 Å². The molecule has 17 heteroatoms. The van der Waals surface area contributed by atoms with Crippen molar-refractivity contribution < 1.29 is 43.8 Å². The first-order valence-electron chi connectivity index (χ1n) is 11.0. The number of sulfonamides is 1. The summed E-state index contributed by atoms with van der Waals surface area (Å²) < 4.78 is 110. The van der Waals surface area contributed by atoms with Crippen molar-refractivity contribution in [1.82, 2.24) is 24.6 Å². The lowest BCUT2D eigenvalue weighted by atomic mass is 10.1. The largest absolute Gasteiger partial charge is 0.471 e. The molecule has 39 heavy (non-hydrogen) atoms. The van der Waals surface area contributed by atoms with Crippen LogP contribution < -0.4 is 4.90 Å². The van der Waals surface area contributed by atoms with Gasteiger partial charge in [0.15, 0.2) is 0 Å². The van der Waals surface area contributed by atoms with Gasteiger partial charge in [0, 0.05) is 35.6 Å². The van der Waals surface area contributed by atoms with Crippen LogP contribution in [-0.4, -0.2) is 58.4 Å². The van der Waals surface area contributed by atoms with Gasteiger partial charge in [0.1, 0.15) is 0 Å². The van der Waals surface area contributed by atoms with Crippen LogP contribution in [0.3, 0.4) is 0 Å². The molecule has 0 bridgehead atoms. The molecule has 1 fully saturated rings. The molecule has 0 radical (unpaired) electrons. The Kier molecular flexibility index (Phi) is 6.37. The van der Waals surface area contributed by atoms with E-state index in [0.717, 1.165) is 6.26 Å². The standard InChI is InChI=1S/C22H16F6N6O4S/c1-39(35,36)33-10-16(11-33)34(14-6-2-12(3-7-14)17-29-19(37-31-17)21(23,24)25)15-8-4-13(5-9-15)18-30-20(38-32-18)22(26,27)28/h2-9,16H,10-11H2,1H3. The third-order valence-electron chi connectivity index (χ3n) is 5.81. The first-order valence-corrected chi connectivity index (χ1v) is 12.8. The van der Waals surface area contributed by atoms with E-state index in [0.29, 0.717) is 11.4 Å². The highest BCUT2D eigenvalue weighted by atomic mass is 32.2. The van der Waals surface area contributed by atoms with Gasteiger partial charge >= 0.3 is 24.1 Å². The Bertz CT molecular complexity index is 1480. The van der Waals surface area contributed by atoms with Crippen LogP contribution in [0.5, 0.6) is 0 Å². The number of rotatable bonds is 6. The number of hydrogen-bond acceptors (Lipinski definition) is 9. The molecule has 1 saturated heterocycles. The molecule has 0 spiro atoms. The first-order chi connectivity index (χ1) is 18.2. The van der Waals surface area contributed by atoms with E-state index in [9.17, 15) is 34.8 Å². The van der Waals surface area contributed by atoms with Gasteiger partial charge in [0.05, 0.1) is 12.3 Å². The van der Waals surface area contributed by atoms with Crippen molar-refractivity contribution >= 4 is 21.4 Å². The Morgan fingerprint density at radius 2 is 1.15 bits per heavy atom. The lowest BCUT2D eigenvalue weighted by molar-refractivity contribution is -0.160. The molecule has 10 nitrogen and oxygen atoms in total. The molecule has 3 heterocycles. The maximum atomic E-state index is 12.8. The topological polar surface area (TPSA) is 118 Å². The van der Waals surface area contributed by atoms with Gasteiger partial charge in [-0.25, -0.2) is 8.42 Å². The fourth-order valence-corrected chi connectivity index (χ4v) is 4.76. The molecule has 1 aliphatic heterocycles. The molecule has 4 aromatic rings. The van der Waals surface area contributed by atoms with E-state index in [1.165, 1.54) is 28.6 Å². The zero-order valence-corrected chi connectivity index (χ0v) is 20.4. The molecule has 0 N–H and O–H groups in total. The SMILES string of the molecule is CS(=O)(=O)N1CC(N(c2ccc(-c3noc(C(F)(F)F)n3)cc2)c2ccc(-c3noc(C(F)(F)F)n3)cc2)C1. The van der Waals surface area contributed by atoms with Crippen LogP contribution in [0.15, 0.2) is 57.6 Å². The number of halogens is 6. The van der Waals surface area contributed by atoms with E-state index in [1.807, 2.05) is 0 Å². The number of hydrogen-bond donors (Lipinski definition) is 0. The maximum Gasteiger partial charge on any atom is 0.471 e. The van der Waals surface area contributed by atoms with E-state index in [4.69, 9.17) is 0 Å². The van der Waals surface area contributed by atoms with E-state index in [2.05, 4.69) is 29.3 Å². The first kappa shape index (κ1) is 26.6. The molecule has 2 aromatic carbocycles. The average Bonchev–Trinajstić information content (AvgIpc) is 3.51. The lowest BCUT2D eigenvalue weighted by Gasteiger charge is -2.45. The molecule has 0 saturated carbocycles. The number of alkyl halides is 6. The molecular formula is C22H16F6N6O4S.